The lowest BCUT2D eigenvalue weighted by molar-refractivity contribution is -0.175. The van der Waals surface area contributed by atoms with E-state index in [9.17, 15) is 33.0 Å². The number of carbonyl (C=O) groups excluding carboxylic acids is 2. The molecular weight excluding hydrogens is 679 g/mol. The monoisotopic (exact) mass is 739 g/mol. The number of hydrogen-bond donors (Lipinski definition) is 2. The Labute approximate surface area is 313 Å². The fourth-order valence-electron chi connectivity index (χ4n) is 12.9. The van der Waals surface area contributed by atoms with Crippen LogP contribution < -0.4 is 0 Å². The summed E-state index contributed by atoms with van der Waals surface area (Å²) >= 11 is 0. The Bertz CT molecular complexity index is 1670. The van der Waals surface area contributed by atoms with E-state index in [1.165, 1.54) is 12.1 Å². The van der Waals surface area contributed by atoms with Crippen LogP contribution in [0.25, 0.3) is 0 Å². The minimum atomic E-state index is -4.59. The number of hydrogen-bond acceptors (Lipinski definition) is 5. The molecule has 4 saturated carbocycles. The van der Waals surface area contributed by atoms with Gasteiger partial charge in [-0.25, -0.2) is 4.79 Å². The standard InChI is InChI=1S/C44H60F3NO5/c1-7-21-48(38(51)53-34-22-28(4)11-12-32(34)27(2)3)26-42(52)18-15-36-40(42,6)17-14-35-39(5)16-13-31(49)24-41(39)19-20-43(35,36)33(25-41)37(50)29-9-8-10-30(23-29)44(45,46)47/h8-10,19-20,23,25,27-28,31-32,34-36,49,52H,7,11-18,21-22,24,26H2,1-6H3/t28-,31?,32+,34-,35+,36+,39+,40-,41-,42+,43+/m0/s1. The van der Waals surface area contributed by atoms with Crippen molar-refractivity contribution in [2.24, 2.45) is 51.2 Å². The van der Waals surface area contributed by atoms with Crippen molar-refractivity contribution in [1.29, 1.82) is 0 Å². The van der Waals surface area contributed by atoms with E-state index in [2.05, 4.69) is 46.8 Å². The van der Waals surface area contributed by atoms with Gasteiger partial charge in [0, 0.05) is 33.9 Å². The fraction of sp³-hybridized carbons (Fsp3) is 0.727. The third kappa shape index (κ3) is 5.87. The van der Waals surface area contributed by atoms with Crippen molar-refractivity contribution < 1.29 is 37.7 Å². The normalized spacial score (nSPS) is 41.7. The molecule has 1 unspecified atom stereocenters. The predicted octanol–water partition coefficient (Wildman–Crippen LogP) is 9.79. The summed E-state index contributed by atoms with van der Waals surface area (Å²) in [7, 11) is 0. The highest BCUT2D eigenvalue weighted by Crippen LogP contribution is 2.78. The highest BCUT2D eigenvalue weighted by Gasteiger charge is 2.74. The van der Waals surface area contributed by atoms with Crippen molar-refractivity contribution in [3.63, 3.8) is 0 Å². The average molecular weight is 740 g/mol. The molecule has 9 heteroatoms. The average Bonchev–Trinajstić information content (AvgIpc) is 3.37. The maximum absolute atomic E-state index is 14.8. The number of rotatable bonds is 8. The molecule has 2 N–H and O–H groups in total. The van der Waals surface area contributed by atoms with Crippen LogP contribution in [0.4, 0.5) is 18.0 Å². The van der Waals surface area contributed by atoms with Gasteiger partial charge in [0.1, 0.15) is 6.10 Å². The summed E-state index contributed by atoms with van der Waals surface area (Å²) in [6.07, 6.45) is 8.74. The number of nitrogens with zero attached hydrogens (tertiary/aromatic N) is 1. The summed E-state index contributed by atoms with van der Waals surface area (Å²) in [6, 6.07) is 4.73. The van der Waals surface area contributed by atoms with Crippen molar-refractivity contribution >= 4 is 11.9 Å². The van der Waals surface area contributed by atoms with Crippen LogP contribution in [0.2, 0.25) is 0 Å². The number of halogens is 3. The van der Waals surface area contributed by atoms with Gasteiger partial charge in [-0.1, -0.05) is 78.3 Å². The molecule has 2 bridgehead atoms. The lowest BCUT2D eigenvalue weighted by atomic mass is 9.32. The number of Topliss-reactive ketones (excluding diaryl/α,β-unsaturated/α-hetero) is 1. The van der Waals surface area contributed by atoms with Crippen LogP contribution in [0.1, 0.15) is 128 Å². The molecule has 0 radical (unpaired) electrons. The van der Waals surface area contributed by atoms with E-state index in [1.807, 2.05) is 13.0 Å². The van der Waals surface area contributed by atoms with Gasteiger partial charge < -0.3 is 19.8 Å². The van der Waals surface area contributed by atoms with Crippen molar-refractivity contribution in [2.75, 3.05) is 13.1 Å². The molecule has 0 aromatic heterocycles. The van der Waals surface area contributed by atoms with E-state index in [1.54, 1.807) is 4.90 Å². The molecule has 4 fully saturated rings. The van der Waals surface area contributed by atoms with E-state index in [-0.39, 0.29) is 41.6 Å². The van der Waals surface area contributed by atoms with Crippen molar-refractivity contribution in [3.8, 4) is 0 Å². The Kier molecular flexibility index (Phi) is 9.65. The first kappa shape index (κ1) is 38.6. The fourth-order valence-corrected chi connectivity index (χ4v) is 12.9. The van der Waals surface area contributed by atoms with Crippen LogP contribution in [0.5, 0.6) is 0 Å². The molecular formula is C44H60F3NO5. The number of fused-ring (bicyclic) bond motifs is 1. The number of ether oxygens (including phenoxy) is 1. The van der Waals surface area contributed by atoms with E-state index >= 15 is 0 Å². The molecule has 11 atom stereocenters. The van der Waals surface area contributed by atoms with Crippen molar-refractivity contribution in [1.82, 2.24) is 4.90 Å². The summed E-state index contributed by atoms with van der Waals surface area (Å²) in [5.74, 6) is 0.555. The molecule has 1 amide bonds. The van der Waals surface area contributed by atoms with Gasteiger partial charge in [0.15, 0.2) is 5.78 Å². The SMILES string of the molecule is CCCN(C[C@]1(O)CC[C@H]2[C@]34C=C[C@@]5(C=C3C(=O)c3cccc(C(F)(F)F)c3)CC(O)CC[C@]5(C)[C@H]4CC[C@@]21C)C(=O)O[C@H]1C[C@@H](C)CC[C@@H]1C(C)C. The third-order valence-corrected chi connectivity index (χ3v) is 15.8. The van der Waals surface area contributed by atoms with Crippen molar-refractivity contribution in [3.05, 3.63) is 59.2 Å². The van der Waals surface area contributed by atoms with Gasteiger partial charge in [0.05, 0.1) is 23.8 Å². The second kappa shape index (κ2) is 13.2. The Morgan fingerprint density at radius 1 is 1.00 bits per heavy atom. The van der Waals surface area contributed by atoms with E-state index in [4.69, 9.17) is 4.74 Å². The molecule has 0 heterocycles. The largest absolute Gasteiger partial charge is 0.446 e. The minimum absolute atomic E-state index is 0.000594. The van der Waals surface area contributed by atoms with Crippen LogP contribution in [-0.2, 0) is 10.9 Å². The number of allylic oxidation sites excluding steroid dienone is 4. The van der Waals surface area contributed by atoms with Gasteiger partial charge >= 0.3 is 12.3 Å². The van der Waals surface area contributed by atoms with Gasteiger partial charge in [-0.15, -0.1) is 0 Å². The molecule has 0 saturated heterocycles. The lowest BCUT2D eigenvalue weighted by Gasteiger charge is -2.71. The molecule has 1 aromatic carbocycles. The number of amides is 1. The smallest absolute Gasteiger partial charge is 0.416 e. The number of aliphatic hydroxyl groups excluding tert-OH is 1. The van der Waals surface area contributed by atoms with E-state index in [0.29, 0.717) is 68.4 Å². The third-order valence-electron chi connectivity index (χ3n) is 15.8. The number of aliphatic hydroxyl groups is 2. The Hall–Kier alpha value is -2.65. The maximum atomic E-state index is 14.8. The zero-order chi connectivity index (χ0) is 38.4. The lowest BCUT2D eigenvalue weighted by Crippen LogP contribution is -2.67. The molecule has 0 aliphatic heterocycles. The maximum Gasteiger partial charge on any atom is 0.416 e. The molecule has 2 spiro atoms. The van der Waals surface area contributed by atoms with Gasteiger partial charge in [-0.2, -0.15) is 13.2 Å². The first-order valence-electron chi connectivity index (χ1n) is 20.4. The quantitative estimate of drug-likeness (QED) is 0.205. The number of alkyl halides is 3. The summed E-state index contributed by atoms with van der Waals surface area (Å²) in [5, 5.41) is 23.9. The van der Waals surface area contributed by atoms with Crippen molar-refractivity contribution in [2.45, 2.75) is 136 Å². The molecule has 1 aromatic rings. The second-order valence-electron chi connectivity index (χ2n) is 18.9. The minimum Gasteiger partial charge on any atom is -0.446 e. The molecule has 7 aliphatic rings. The Morgan fingerprint density at radius 2 is 1.70 bits per heavy atom. The first-order chi connectivity index (χ1) is 24.8. The molecule has 53 heavy (non-hydrogen) atoms. The predicted molar refractivity (Wildman–Crippen MR) is 198 cm³/mol. The number of carbonyl (C=O) groups is 2. The van der Waals surface area contributed by atoms with Gasteiger partial charge in [-0.05, 0) is 111 Å². The highest BCUT2D eigenvalue weighted by molar-refractivity contribution is 6.10. The van der Waals surface area contributed by atoms with E-state index < -0.39 is 45.5 Å². The number of benzene rings is 1. The second-order valence-corrected chi connectivity index (χ2v) is 18.9. The Balaban J connectivity index is 1.26. The molecule has 292 valence electrons. The van der Waals surface area contributed by atoms with Crippen LogP contribution in [0.15, 0.2) is 48.1 Å². The first-order valence-corrected chi connectivity index (χ1v) is 20.4. The van der Waals surface area contributed by atoms with Crippen LogP contribution >= 0.6 is 0 Å². The molecule has 8 rings (SSSR count). The summed E-state index contributed by atoms with van der Waals surface area (Å²) in [6.45, 7) is 13.6. The van der Waals surface area contributed by atoms with Gasteiger partial charge in [0.2, 0.25) is 0 Å². The van der Waals surface area contributed by atoms with Gasteiger partial charge in [0.25, 0.3) is 0 Å². The number of ketones is 1. The molecule has 6 nitrogen and oxygen atoms in total. The van der Waals surface area contributed by atoms with E-state index in [0.717, 1.165) is 44.2 Å². The topological polar surface area (TPSA) is 87.1 Å². The zero-order valence-corrected chi connectivity index (χ0v) is 32.5. The van der Waals surface area contributed by atoms with Crippen LogP contribution in [0.3, 0.4) is 0 Å². The highest BCUT2D eigenvalue weighted by atomic mass is 19.4. The van der Waals surface area contributed by atoms with Crippen LogP contribution in [0, 0.1) is 51.2 Å². The summed E-state index contributed by atoms with van der Waals surface area (Å²) in [4.78, 5) is 30.6. The summed E-state index contributed by atoms with van der Waals surface area (Å²) < 4.78 is 48.0. The van der Waals surface area contributed by atoms with Crippen LogP contribution in [-0.4, -0.2) is 57.9 Å². The zero-order valence-electron chi connectivity index (χ0n) is 32.5. The van der Waals surface area contributed by atoms with Gasteiger partial charge in [-0.3, -0.25) is 4.79 Å². The summed E-state index contributed by atoms with van der Waals surface area (Å²) in [5.41, 5.74) is -4.01. The Morgan fingerprint density at radius 3 is 2.40 bits per heavy atom. The molecule has 7 aliphatic carbocycles.